The first kappa shape index (κ1) is 12.6. The number of hydrogen-bond donors (Lipinski definition) is 1. The van der Waals surface area contributed by atoms with Crippen molar-refractivity contribution < 1.29 is 14.6 Å². The molecule has 1 N–H and O–H groups in total. The largest absolute Gasteiger partial charge is 0.445 e. The van der Waals surface area contributed by atoms with Gasteiger partial charge in [-0.1, -0.05) is 36.4 Å². The Hall–Kier alpha value is -1.81. The number of β-amino-alcohol motifs (C(OH)–C–C–N with tert-alkyl or cyclic N) is 1. The number of likely N-dealkylation sites (tertiary alicyclic amines) is 1. The molecule has 1 heterocycles. The van der Waals surface area contributed by atoms with Crippen LogP contribution in [0, 0.1) is 0 Å². The lowest BCUT2D eigenvalue weighted by atomic mass is 10.0. The molecule has 2 rings (SSSR count). The van der Waals surface area contributed by atoms with Gasteiger partial charge in [0.05, 0.1) is 6.54 Å². The Labute approximate surface area is 106 Å². The third-order valence-electron chi connectivity index (χ3n) is 3.12. The average molecular weight is 247 g/mol. The maximum absolute atomic E-state index is 11.8. The van der Waals surface area contributed by atoms with Gasteiger partial charge in [-0.15, -0.1) is 6.58 Å². The third-order valence-corrected chi connectivity index (χ3v) is 3.12. The van der Waals surface area contributed by atoms with Crippen molar-refractivity contribution >= 4 is 6.09 Å². The van der Waals surface area contributed by atoms with Gasteiger partial charge in [-0.3, -0.25) is 0 Å². The quantitative estimate of drug-likeness (QED) is 0.830. The van der Waals surface area contributed by atoms with Crippen LogP contribution in [-0.2, 0) is 11.3 Å². The van der Waals surface area contributed by atoms with E-state index in [4.69, 9.17) is 4.74 Å². The molecule has 4 nitrogen and oxygen atoms in total. The summed E-state index contributed by atoms with van der Waals surface area (Å²) in [5.74, 6) is 0. The van der Waals surface area contributed by atoms with E-state index in [0.29, 0.717) is 13.0 Å². The van der Waals surface area contributed by atoms with Crippen molar-refractivity contribution in [3.63, 3.8) is 0 Å². The van der Waals surface area contributed by atoms with Crippen molar-refractivity contribution in [3.8, 4) is 0 Å². The molecule has 1 aromatic rings. The van der Waals surface area contributed by atoms with Crippen LogP contribution in [0.5, 0.6) is 0 Å². The van der Waals surface area contributed by atoms with E-state index in [-0.39, 0.29) is 13.2 Å². The van der Waals surface area contributed by atoms with Crippen molar-refractivity contribution in [2.45, 2.75) is 18.6 Å². The van der Waals surface area contributed by atoms with Crippen LogP contribution in [0.15, 0.2) is 43.0 Å². The molecule has 0 aromatic heterocycles. The topological polar surface area (TPSA) is 49.8 Å². The minimum atomic E-state index is -0.967. The van der Waals surface area contributed by atoms with Crippen LogP contribution in [0.3, 0.4) is 0 Å². The van der Waals surface area contributed by atoms with Crippen molar-refractivity contribution in [2.75, 3.05) is 13.1 Å². The van der Waals surface area contributed by atoms with Gasteiger partial charge < -0.3 is 14.7 Å². The molecule has 0 aliphatic carbocycles. The van der Waals surface area contributed by atoms with Gasteiger partial charge in [0.2, 0.25) is 0 Å². The van der Waals surface area contributed by atoms with E-state index in [1.54, 1.807) is 0 Å². The lowest BCUT2D eigenvalue weighted by Crippen LogP contribution is -2.34. The van der Waals surface area contributed by atoms with Gasteiger partial charge in [0.15, 0.2) is 0 Å². The first-order valence-electron chi connectivity index (χ1n) is 5.94. The Kier molecular flexibility index (Phi) is 3.67. The Morgan fingerprint density at radius 1 is 1.50 bits per heavy atom. The monoisotopic (exact) mass is 247 g/mol. The van der Waals surface area contributed by atoms with Gasteiger partial charge in [-0.05, 0) is 12.0 Å². The van der Waals surface area contributed by atoms with Crippen LogP contribution < -0.4 is 0 Å². The standard InChI is InChI=1S/C14H17NO3/c1-2-14(17)8-9-15(11-14)13(16)18-10-12-6-4-3-5-7-12/h2-7,17H,1,8-11H2. The molecule has 1 fully saturated rings. The van der Waals surface area contributed by atoms with Gasteiger partial charge in [0.25, 0.3) is 0 Å². The van der Waals surface area contributed by atoms with Gasteiger partial charge in [0, 0.05) is 6.54 Å². The highest BCUT2D eigenvalue weighted by molar-refractivity contribution is 5.68. The molecule has 1 unspecified atom stereocenters. The molecule has 1 atom stereocenters. The predicted octanol–water partition coefficient (Wildman–Crippen LogP) is 1.95. The van der Waals surface area contributed by atoms with Crippen LogP contribution in [0.1, 0.15) is 12.0 Å². The van der Waals surface area contributed by atoms with E-state index in [9.17, 15) is 9.90 Å². The molecule has 1 amide bonds. The summed E-state index contributed by atoms with van der Waals surface area (Å²) in [6.45, 7) is 4.58. The zero-order valence-electron chi connectivity index (χ0n) is 10.2. The molecule has 18 heavy (non-hydrogen) atoms. The van der Waals surface area contributed by atoms with Crippen LogP contribution in [0.2, 0.25) is 0 Å². The highest BCUT2D eigenvalue weighted by Gasteiger charge is 2.36. The fraction of sp³-hybridized carbons (Fsp3) is 0.357. The van der Waals surface area contributed by atoms with Crippen molar-refractivity contribution in [3.05, 3.63) is 48.6 Å². The second kappa shape index (κ2) is 5.23. The second-order valence-corrected chi connectivity index (χ2v) is 4.52. The second-order valence-electron chi connectivity index (χ2n) is 4.52. The van der Waals surface area contributed by atoms with E-state index < -0.39 is 11.7 Å². The average Bonchev–Trinajstić information content (AvgIpc) is 2.81. The molecule has 1 aliphatic rings. The lowest BCUT2D eigenvalue weighted by molar-refractivity contribution is 0.0777. The summed E-state index contributed by atoms with van der Waals surface area (Å²) in [5.41, 5.74) is -0.0183. The normalized spacial score (nSPS) is 22.8. The maximum atomic E-state index is 11.8. The number of carbonyl (C=O) groups excluding carboxylic acids is 1. The summed E-state index contributed by atoms with van der Waals surface area (Å²) in [6, 6.07) is 9.51. The van der Waals surface area contributed by atoms with Gasteiger partial charge in [-0.2, -0.15) is 0 Å². The molecule has 96 valence electrons. The number of carbonyl (C=O) groups is 1. The number of rotatable bonds is 3. The molecule has 1 aromatic carbocycles. The predicted molar refractivity (Wildman–Crippen MR) is 68.0 cm³/mol. The van der Waals surface area contributed by atoms with Crippen LogP contribution in [-0.4, -0.2) is 34.8 Å². The summed E-state index contributed by atoms with van der Waals surface area (Å²) >= 11 is 0. The molecule has 1 aliphatic heterocycles. The molecular formula is C14H17NO3. The number of benzene rings is 1. The molecule has 0 radical (unpaired) electrons. The van der Waals surface area contributed by atoms with Crippen molar-refractivity contribution in [1.29, 1.82) is 0 Å². The fourth-order valence-corrected chi connectivity index (χ4v) is 1.95. The number of ether oxygens (including phenoxy) is 1. The zero-order chi connectivity index (χ0) is 13.0. The van der Waals surface area contributed by atoms with E-state index in [1.807, 2.05) is 30.3 Å². The molecular weight excluding hydrogens is 230 g/mol. The Morgan fingerprint density at radius 2 is 2.22 bits per heavy atom. The summed E-state index contributed by atoms with van der Waals surface area (Å²) < 4.78 is 5.19. The van der Waals surface area contributed by atoms with Crippen LogP contribution in [0.4, 0.5) is 4.79 Å². The number of amides is 1. The van der Waals surface area contributed by atoms with E-state index in [0.717, 1.165) is 5.56 Å². The smallest absolute Gasteiger partial charge is 0.410 e. The first-order chi connectivity index (χ1) is 8.63. The Balaban J connectivity index is 1.85. The summed E-state index contributed by atoms with van der Waals surface area (Å²) in [6.07, 6.45) is 1.60. The highest BCUT2D eigenvalue weighted by Crippen LogP contribution is 2.22. The fourth-order valence-electron chi connectivity index (χ4n) is 1.95. The van der Waals surface area contributed by atoms with Crippen LogP contribution in [0.25, 0.3) is 0 Å². The van der Waals surface area contributed by atoms with E-state index >= 15 is 0 Å². The lowest BCUT2D eigenvalue weighted by Gasteiger charge is -2.19. The van der Waals surface area contributed by atoms with Gasteiger partial charge in [-0.25, -0.2) is 4.79 Å². The van der Waals surface area contributed by atoms with Crippen LogP contribution >= 0.6 is 0 Å². The SMILES string of the molecule is C=CC1(O)CCN(C(=O)OCc2ccccc2)C1. The molecule has 0 spiro atoms. The summed E-state index contributed by atoms with van der Waals surface area (Å²) in [5, 5.41) is 9.94. The minimum Gasteiger partial charge on any atom is -0.445 e. The molecule has 0 saturated carbocycles. The van der Waals surface area contributed by atoms with Gasteiger partial charge in [0.1, 0.15) is 12.2 Å². The number of nitrogens with zero attached hydrogens (tertiary/aromatic N) is 1. The van der Waals surface area contributed by atoms with Crippen molar-refractivity contribution in [1.82, 2.24) is 4.90 Å². The molecule has 0 bridgehead atoms. The van der Waals surface area contributed by atoms with Gasteiger partial charge >= 0.3 is 6.09 Å². The zero-order valence-corrected chi connectivity index (χ0v) is 10.2. The Morgan fingerprint density at radius 3 is 2.83 bits per heavy atom. The maximum Gasteiger partial charge on any atom is 0.410 e. The van der Waals surface area contributed by atoms with E-state index in [1.165, 1.54) is 11.0 Å². The highest BCUT2D eigenvalue weighted by atomic mass is 16.6. The Bertz CT molecular complexity index is 432. The number of aliphatic hydroxyl groups is 1. The minimum absolute atomic E-state index is 0.253. The molecule has 1 saturated heterocycles. The van der Waals surface area contributed by atoms with E-state index in [2.05, 4.69) is 6.58 Å². The summed E-state index contributed by atoms with van der Waals surface area (Å²) in [4.78, 5) is 13.3. The van der Waals surface area contributed by atoms with Crippen molar-refractivity contribution in [2.24, 2.45) is 0 Å². The molecule has 4 heteroatoms. The number of hydrogen-bond acceptors (Lipinski definition) is 3. The summed E-state index contributed by atoms with van der Waals surface area (Å²) in [7, 11) is 0. The third kappa shape index (κ3) is 2.90. The first-order valence-corrected chi connectivity index (χ1v) is 5.94.